The molecule has 0 bridgehead atoms. The van der Waals surface area contributed by atoms with Gasteiger partial charge >= 0.3 is 6.09 Å². The zero-order valence-electron chi connectivity index (χ0n) is 21.6. The van der Waals surface area contributed by atoms with Crippen LogP contribution in [-0.4, -0.2) is 71.9 Å². The number of likely N-dealkylation sites (tertiary alicyclic amines) is 1. The van der Waals surface area contributed by atoms with Gasteiger partial charge in [0.1, 0.15) is 11.6 Å². The van der Waals surface area contributed by atoms with Crippen LogP contribution in [0, 0.1) is 5.92 Å². The van der Waals surface area contributed by atoms with E-state index in [9.17, 15) is 4.79 Å². The van der Waals surface area contributed by atoms with Crippen molar-refractivity contribution in [2.45, 2.75) is 19.4 Å². The average Bonchev–Trinajstić information content (AvgIpc) is 2.93. The lowest BCUT2D eigenvalue weighted by Crippen LogP contribution is -2.43. The van der Waals surface area contributed by atoms with E-state index in [4.69, 9.17) is 38.0 Å². The van der Waals surface area contributed by atoms with Crippen molar-refractivity contribution < 1.29 is 14.6 Å². The molecule has 4 heterocycles. The number of benzene rings is 1. The highest BCUT2D eigenvalue weighted by Gasteiger charge is 2.21. The molecule has 0 saturated carbocycles. The van der Waals surface area contributed by atoms with E-state index in [1.165, 1.54) is 0 Å². The number of carbonyl (C=O) groups is 1. The highest BCUT2D eigenvalue weighted by molar-refractivity contribution is 6.35. The Balaban J connectivity index is 1.33. The number of hydrogen-bond donors (Lipinski definition) is 3. The van der Waals surface area contributed by atoms with E-state index in [0.717, 1.165) is 81.3 Å². The van der Waals surface area contributed by atoms with Crippen LogP contribution in [0.5, 0.6) is 11.6 Å². The Morgan fingerprint density at radius 2 is 1.79 bits per heavy atom. The van der Waals surface area contributed by atoms with Crippen LogP contribution < -0.4 is 20.3 Å². The first kappa shape index (κ1) is 27.5. The Morgan fingerprint density at radius 3 is 2.46 bits per heavy atom. The van der Waals surface area contributed by atoms with Crippen LogP contribution in [0.2, 0.25) is 10.0 Å². The van der Waals surface area contributed by atoms with E-state index in [2.05, 4.69) is 25.4 Å². The number of amides is 1. The monoisotopic (exact) mass is 570 g/mol. The third kappa shape index (κ3) is 7.73. The van der Waals surface area contributed by atoms with E-state index in [0.29, 0.717) is 34.1 Å². The van der Waals surface area contributed by atoms with Crippen molar-refractivity contribution in [1.82, 2.24) is 25.5 Å². The maximum Gasteiger partial charge on any atom is 0.404 e. The van der Waals surface area contributed by atoms with Crippen LogP contribution in [0.1, 0.15) is 18.4 Å². The Hall–Kier alpha value is -3.11. The lowest BCUT2D eigenvalue weighted by Gasteiger charge is -2.32. The summed E-state index contributed by atoms with van der Waals surface area (Å²) < 4.78 is 6.19. The third-order valence-electron chi connectivity index (χ3n) is 7.06. The molecule has 2 aromatic heterocycles. The van der Waals surface area contributed by atoms with Gasteiger partial charge in [-0.1, -0.05) is 23.2 Å². The summed E-state index contributed by atoms with van der Waals surface area (Å²) in [7, 11) is 0. The van der Waals surface area contributed by atoms with Crippen LogP contribution in [0.25, 0.3) is 11.3 Å². The summed E-state index contributed by atoms with van der Waals surface area (Å²) in [5.41, 5.74) is 2.58. The molecule has 9 nitrogen and oxygen atoms in total. The van der Waals surface area contributed by atoms with Crippen LogP contribution in [0.15, 0.2) is 48.7 Å². The fraction of sp³-hybridized carbons (Fsp3) is 0.393. The molecule has 3 N–H and O–H groups in total. The summed E-state index contributed by atoms with van der Waals surface area (Å²) in [4.78, 5) is 24.8. The largest absolute Gasteiger partial charge is 0.465 e. The van der Waals surface area contributed by atoms with Crippen molar-refractivity contribution in [3.05, 3.63) is 64.3 Å². The first-order valence-corrected chi connectivity index (χ1v) is 13.9. The molecule has 39 heavy (non-hydrogen) atoms. The fourth-order valence-electron chi connectivity index (χ4n) is 5.03. The molecule has 2 aliphatic rings. The number of hydrogen-bond acceptors (Lipinski definition) is 7. The quantitative estimate of drug-likeness (QED) is 0.342. The molecule has 0 radical (unpaired) electrons. The molecular weight excluding hydrogens is 539 g/mol. The SMILES string of the molecule is O=C(O)NCC1CCN(Cc2cc(Oc3ccc(N4CCNCC4)nc3)nc(-c3cc(Cl)cc(Cl)c3)c2)CC1. The van der Waals surface area contributed by atoms with Gasteiger partial charge in [0.15, 0.2) is 0 Å². The highest BCUT2D eigenvalue weighted by Crippen LogP contribution is 2.31. The Morgan fingerprint density at radius 1 is 1.05 bits per heavy atom. The van der Waals surface area contributed by atoms with Crippen molar-refractivity contribution in [2.75, 3.05) is 50.7 Å². The van der Waals surface area contributed by atoms with E-state index < -0.39 is 6.09 Å². The lowest BCUT2D eigenvalue weighted by atomic mass is 9.96. The van der Waals surface area contributed by atoms with Gasteiger partial charge in [-0.2, -0.15) is 0 Å². The van der Waals surface area contributed by atoms with E-state index in [1.807, 2.05) is 36.4 Å². The van der Waals surface area contributed by atoms with Crippen LogP contribution in [0.4, 0.5) is 10.6 Å². The lowest BCUT2D eigenvalue weighted by molar-refractivity contribution is 0.166. The number of piperazine rings is 1. The van der Waals surface area contributed by atoms with Crippen LogP contribution in [0.3, 0.4) is 0 Å². The molecule has 1 aromatic carbocycles. The molecule has 206 valence electrons. The molecule has 5 rings (SSSR count). The molecule has 0 aliphatic carbocycles. The number of piperidine rings is 1. The molecular formula is C28H32Cl2N6O3. The second-order valence-electron chi connectivity index (χ2n) is 9.95. The first-order valence-electron chi connectivity index (χ1n) is 13.2. The van der Waals surface area contributed by atoms with Gasteiger partial charge in [-0.05, 0) is 73.8 Å². The number of nitrogens with zero attached hydrogens (tertiary/aromatic N) is 4. The smallest absolute Gasteiger partial charge is 0.404 e. The summed E-state index contributed by atoms with van der Waals surface area (Å²) in [5, 5.41) is 15.8. The minimum atomic E-state index is -0.968. The van der Waals surface area contributed by atoms with E-state index in [1.54, 1.807) is 12.3 Å². The molecule has 2 saturated heterocycles. The highest BCUT2D eigenvalue weighted by atomic mass is 35.5. The fourth-order valence-corrected chi connectivity index (χ4v) is 5.55. The van der Waals surface area contributed by atoms with Crippen LogP contribution in [-0.2, 0) is 6.54 Å². The Bertz CT molecular complexity index is 1260. The van der Waals surface area contributed by atoms with Crippen molar-refractivity contribution in [1.29, 1.82) is 0 Å². The number of rotatable bonds is 8. The normalized spacial score (nSPS) is 16.7. The van der Waals surface area contributed by atoms with Crippen molar-refractivity contribution in [2.24, 2.45) is 5.92 Å². The maximum absolute atomic E-state index is 10.8. The average molecular weight is 572 g/mol. The molecule has 0 atom stereocenters. The van der Waals surface area contributed by atoms with Gasteiger partial charge in [0.25, 0.3) is 0 Å². The Labute approximate surface area is 238 Å². The molecule has 0 unspecified atom stereocenters. The maximum atomic E-state index is 10.8. The first-order chi connectivity index (χ1) is 18.9. The molecule has 11 heteroatoms. The predicted molar refractivity (Wildman–Crippen MR) is 153 cm³/mol. The summed E-state index contributed by atoms with van der Waals surface area (Å²) >= 11 is 12.6. The van der Waals surface area contributed by atoms with Gasteiger partial charge in [0, 0.05) is 60.9 Å². The number of carboxylic acid groups (broad SMARTS) is 1. The van der Waals surface area contributed by atoms with Crippen molar-refractivity contribution in [3.8, 4) is 22.9 Å². The summed E-state index contributed by atoms with van der Waals surface area (Å²) in [6.45, 7) is 6.75. The van der Waals surface area contributed by atoms with Crippen molar-refractivity contribution >= 4 is 35.1 Å². The van der Waals surface area contributed by atoms with Gasteiger partial charge < -0.3 is 25.4 Å². The number of pyridine rings is 2. The van der Waals surface area contributed by atoms with E-state index >= 15 is 0 Å². The molecule has 2 fully saturated rings. The van der Waals surface area contributed by atoms with Crippen molar-refractivity contribution in [3.63, 3.8) is 0 Å². The van der Waals surface area contributed by atoms with Gasteiger partial charge in [0.05, 0.1) is 11.9 Å². The number of halogens is 2. The molecule has 0 spiro atoms. The topological polar surface area (TPSA) is 103 Å². The van der Waals surface area contributed by atoms with Gasteiger partial charge in [-0.15, -0.1) is 0 Å². The second-order valence-corrected chi connectivity index (χ2v) is 10.8. The minimum Gasteiger partial charge on any atom is -0.465 e. The van der Waals surface area contributed by atoms with Crippen LogP contribution >= 0.6 is 23.2 Å². The zero-order valence-corrected chi connectivity index (χ0v) is 23.1. The second kappa shape index (κ2) is 12.8. The molecule has 2 aliphatic heterocycles. The van der Waals surface area contributed by atoms with Gasteiger partial charge in [0.2, 0.25) is 5.88 Å². The van der Waals surface area contributed by atoms with Gasteiger partial charge in [-0.3, -0.25) is 4.90 Å². The predicted octanol–water partition coefficient (Wildman–Crippen LogP) is 5.13. The Kier molecular flexibility index (Phi) is 9.03. The molecule has 1 amide bonds. The number of ether oxygens (including phenoxy) is 1. The minimum absolute atomic E-state index is 0.356. The third-order valence-corrected chi connectivity index (χ3v) is 7.50. The number of aromatic nitrogens is 2. The van der Waals surface area contributed by atoms with Gasteiger partial charge in [-0.25, -0.2) is 14.8 Å². The number of nitrogens with one attached hydrogen (secondary N) is 2. The zero-order chi connectivity index (χ0) is 27.2. The molecule has 3 aromatic rings. The number of anilines is 1. The van der Waals surface area contributed by atoms with E-state index in [-0.39, 0.29) is 0 Å². The summed E-state index contributed by atoms with van der Waals surface area (Å²) in [6, 6.07) is 13.3. The summed E-state index contributed by atoms with van der Waals surface area (Å²) in [6.07, 6.45) is 2.65. The summed E-state index contributed by atoms with van der Waals surface area (Å²) in [5.74, 6) is 2.37. The standard InChI is InChI=1S/C28H32Cl2N6O3/c29-22-13-21(14-23(30)15-22)25-11-20(18-35-7-3-19(4-8-35)16-33-28(37)38)12-27(34-25)39-24-1-2-26(32-17-24)36-9-5-31-6-10-36/h1-2,11-15,17,19,31,33H,3-10,16,18H2,(H,37,38).